The van der Waals surface area contributed by atoms with E-state index in [4.69, 9.17) is 5.73 Å². The van der Waals surface area contributed by atoms with Crippen molar-refractivity contribution in [2.75, 3.05) is 11.9 Å². The molecule has 0 aliphatic heterocycles. The van der Waals surface area contributed by atoms with Crippen molar-refractivity contribution >= 4 is 14.0 Å². The Kier molecular flexibility index (Phi) is 7.50. The predicted octanol–water partition coefficient (Wildman–Crippen LogP) is 5.30. The molecule has 0 bridgehead atoms. The van der Waals surface area contributed by atoms with E-state index in [-0.39, 0.29) is 5.54 Å². The highest BCUT2D eigenvalue weighted by Crippen LogP contribution is 2.50. The molecule has 1 aromatic carbocycles. The van der Waals surface area contributed by atoms with Crippen LogP contribution in [-0.2, 0) is 0 Å². The lowest BCUT2D eigenvalue weighted by Crippen LogP contribution is -2.41. The van der Waals surface area contributed by atoms with Gasteiger partial charge in [-0.05, 0) is 62.4 Å². The molecule has 1 aliphatic carbocycles. The highest BCUT2D eigenvalue weighted by atomic mass is 28.4. The second-order valence-corrected chi connectivity index (χ2v) is 12.6. The van der Waals surface area contributed by atoms with Crippen molar-refractivity contribution in [2.45, 2.75) is 76.5 Å². The average Bonchev–Trinajstić information content (AvgIpc) is 2.96. The Balaban J connectivity index is 2.18. The van der Waals surface area contributed by atoms with E-state index >= 15 is 0 Å². The monoisotopic (exact) mass is 374 g/mol. The van der Waals surface area contributed by atoms with Crippen LogP contribution in [-0.4, -0.2) is 25.2 Å². The van der Waals surface area contributed by atoms with Gasteiger partial charge in [-0.2, -0.15) is 0 Å². The molecule has 0 heterocycles. The maximum atomic E-state index is 10.9. The minimum atomic E-state index is -2.26. The van der Waals surface area contributed by atoms with Gasteiger partial charge >= 0.3 is 0 Å². The summed E-state index contributed by atoms with van der Waals surface area (Å²) in [5.74, 6) is 0.425. The van der Waals surface area contributed by atoms with Gasteiger partial charge in [-0.25, -0.2) is 0 Å². The second-order valence-electron chi connectivity index (χ2n) is 8.60. The molecule has 146 valence electrons. The number of nitrogens with one attached hydrogen (secondary N) is 1. The molecule has 1 fully saturated rings. The standard InChI is InChI=1S/C22H38N2OSi/c1-5-7-12-19(11-6-2)22(23)15-18(21(16-22)26(3,4)25)17-24-20-13-9-8-10-14-20/h8-10,12-14,18,21,24-25H,5-7,11,15-17,23H2,1-4H3/b19-12+/t18-,21+,22?/m0/s1. The van der Waals surface area contributed by atoms with Crippen molar-refractivity contribution in [1.29, 1.82) is 0 Å². The molecule has 0 aromatic heterocycles. The maximum absolute atomic E-state index is 10.9. The molecular weight excluding hydrogens is 336 g/mol. The molecule has 0 saturated heterocycles. The minimum absolute atomic E-state index is 0.244. The molecule has 3 atom stereocenters. The zero-order chi connectivity index (χ0) is 19.2. The minimum Gasteiger partial charge on any atom is -0.432 e. The van der Waals surface area contributed by atoms with Crippen LogP contribution in [0.4, 0.5) is 5.69 Å². The lowest BCUT2D eigenvalue weighted by Gasteiger charge is -2.30. The molecule has 4 N–H and O–H groups in total. The molecule has 4 heteroatoms. The van der Waals surface area contributed by atoms with Gasteiger partial charge in [0.05, 0.1) is 0 Å². The fourth-order valence-electron chi connectivity index (χ4n) is 4.50. The smallest absolute Gasteiger partial charge is 0.186 e. The summed E-state index contributed by atoms with van der Waals surface area (Å²) in [6.07, 6.45) is 8.77. The third kappa shape index (κ3) is 5.45. The molecule has 1 aromatic rings. The molecule has 0 radical (unpaired) electrons. The van der Waals surface area contributed by atoms with Crippen LogP contribution < -0.4 is 11.1 Å². The van der Waals surface area contributed by atoms with E-state index in [1.165, 1.54) is 5.57 Å². The predicted molar refractivity (Wildman–Crippen MR) is 116 cm³/mol. The van der Waals surface area contributed by atoms with Gasteiger partial charge < -0.3 is 15.8 Å². The van der Waals surface area contributed by atoms with Gasteiger partial charge in [0.25, 0.3) is 0 Å². The van der Waals surface area contributed by atoms with Crippen LogP contribution in [0.1, 0.15) is 52.4 Å². The summed E-state index contributed by atoms with van der Waals surface area (Å²) in [6, 6.07) is 10.3. The van der Waals surface area contributed by atoms with E-state index in [9.17, 15) is 4.80 Å². The lowest BCUT2D eigenvalue weighted by atomic mass is 9.84. The SMILES string of the molecule is CCC/C=C(\CCC)C1(N)C[C@@H](CNc2ccccc2)[C@H]([Si](C)(C)O)C1. The number of anilines is 1. The molecule has 0 spiro atoms. The van der Waals surface area contributed by atoms with Crippen LogP contribution >= 0.6 is 0 Å². The number of hydrogen-bond donors (Lipinski definition) is 3. The van der Waals surface area contributed by atoms with Crippen LogP contribution in [0.15, 0.2) is 42.0 Å². The number of para-hydroxylation sites is 1. The molecule has 1 saturated carbocycles. The first kappa shape index (κ1) is 21.2. The summed E-state index contributed by atoms with van der Waals surface area (Å²) in [5, 5.41) is 3.58. The molecule has 26 heavy (non-hydrogen) atoms. The van der Waals surface area contributed by atoms with Crippen LogP contribution in [0.2, 0.25) is 18.6 Å². The fourth-order valence-corrected chi connectivity index (χ4v) is 6.76. The van der Waals surface area contributed by atoms with Crippen molar-refractivity contribution in [3.63, 3.8) is 0 Å². The third-order valence-electron chi connectivity index (χ3n) is 5.87. The number of benzene rings is 1. The van der Waals surface area contributed by atoms with Crippen LogP contribution in [0.5, 0.6) is 0 Å². The van der Waals surface area contributed by atoms with Gasteiger partial charge in [-0.3, -0.25) is 0 Å². The van der Waals surface area contributed by atoms with Crippen molar-refractivity contribution < 1.29 is 4.80 Å². The first-order valence-electron chi connectivity index (χ1n) is 10.3. The number of unbranched alkanes of at least 4 members (excludes halogenated alkanes) is 1. The summed E-state index contributed by atoms with van der Waals surface area (Å²) in [6.45, 7) is 9.49. The Labute approximate surface area is 161 Å². The van der Waals surface area contributed by atoms with E-state index in [0.29, 0.717) is 11.5 Å². The van der Waals surface area contributed by atoms with Crippen molar-refractivity contribution in [3.05, 3.63) is 42.0 Å². The Morgan fingerprint density at radius 3 is 2.50 bits per heavy atom. The van der Waals surface area contributed by atoms with E-state index in [2.05, 4.69) is 62.6 Å². The van der Waals surface area contributed by atoms with E-state index in [0.717, 1.165) is 50.8 Å². The average molecular weight is 375 g/mol. The Bertz CT molecular complexity index is 582. The third-order valence-corrected chi connectivity index (χ3v) is 8.36. The van der Waals surface area contributed by atoms with Crippen molar-refractivity contribution in [1.82, 2.24) is 0 Å². The van der Waals surface area contributed by atoms with E-state index < -0.39 is 8.32 Å². The number of nitrogens with two attached hydrogens (primary N) is 1. The summed E-state index contributed by atoms with van der Waals surface area (Å²) < 4.78 is 0. The molecule has 3 nitrogen and oxygen atoms in total. The maximum Gasteiger partial charge on any atom is 0.186 e. The van der Waals surface area contributed by atoms with Gasteiger partial charge in [-0.1, -0.05) is 56.5 Å². The summed E-state index contributed by atoms with van der Waals surface area (Å²) in [5.41, 5.74) is 9.66. The second kappa shape index (κ2) is 9.20. The molecule has 2 rings (SSSR count). The molecule has 1 aliphatic rings. The first-order valence-corrected chi connectivity index (χ1v) is 13.3. The topological polar surface area (TPSA) is 58.3 Å². The zero-order valence-electron chi connectivity index (χ0n) is 17.1. The Morgan fingerprint density at radius 1 is 1.23 bits per heavy atom. The van der Waals surface area contributed by atoms with Crippen molar-refractivity contribution in [3.8, 4) is 0 Å². The summed E-state index contributed by atoms with van der Waals surface area (Å²) >= 11 is 0. The van der Waals surface area contributed by atoms with Gasteiger partial charge in [0.1, 0.15) is 0 Å². The van der Waals surface area contributed by atoms with Gasteiger partial charge in [0.2, 0.25) is 0 Å². The Hall–Kier alpha value is -1.10. The van der Waals surface area contributed by atoms with Gasteiger partial charge in [-0.15, -0.1) is 0 Å². The van der Waals surface area contributed by atoms with Crippen molar-refractivity contribution in [2.24, 2.45) is 11.7 Å². The molecule has 0 amide bonds. The van der Waals surface area contributed by atoms with E-state index in [1.807, 2.05) is 6.07 Å². The number of allylic oxidation sites excluding steroid dienone is 1. The van der Waals surface area contributed by atoms with Crippen LogP contribution in [0, 0.1) is 5.92 Å². The fraction of sp³-hybridized carbons (Fsp3) is 0.636. The first-order chi connectivity index (χ1) is 12.3. The summed E-state index contributed by atoms with van der Waals surface area (Å²) in [7, 11) is -2.26. The highest BCUT2D eigenvalue weighted by Gasteiger charge is 2.50. The van der Waals surface area contributed by atoms with Gasteiger partial charge in [0, 0.05) is 17.8 Å². The van der Waals surface area contributed by atoms with Crippen LogP contribution in [0.3, 0.4) is 0 Å². The van der Waals surface area contributed by atoms with E-state index in [1.54, 1.807) is 0 Å². The quantitative estimate of drug-likeness (QED) is 0.406. The number of hydrogen-bond acceptors (Lipinski definition) is 3. The highest BCUT2D eigenvalue weighted by molar-refractivity contribution is 6.71. The lowest BCUT2D eigenvalue weighted by molar-refractivity contribution is 0.461. The zero-order valence-corrected chi connectivity index (χ0v) is 18.1. The summed E-state index contributed by atoms with van der Waals surface area (Å²) in [4.78, 5) is 10.9. The van der Waals surface area contributed by atoms with Crippen LogP contribution in [0.25, 0.3) is 0 Å². The normalized spacial score (nSPS) is 26.9. The molecular formula is C22H38N2OSi. The van der Waals surface area contributed by atoms with Gasteiger partial charge in [0.15, 0.2) is 8.32 Å². The largest absolute Gasteiger partial charge is 0.432 e. The molecule has 1 unspecified atom stereocenters. The number of rotatable bonds is 9. The Morgan fingerprint density at radius 2 is 1.92 bits per heavy atom.